The van der Waals surface area contributed by atoms with Crippen molar-refractivity contribution in [2.45, 2.75) is 33.1 Å². The highest BCUT2D eigenvalue weighted by Gasteiger charge is 2.14. The third-order valence-electron chi connectivity index (χ3n) is 4.71. The number of nitrogens with one attached hydrogen (secondary N) is 2. The summed E-state index contributed by atoms with van der Waals surface area (Å²) < 4.78 is 13.6. The Morgan fingerprint density at radius 2 is 1.86 bits per heavy atom. The van der Waals surface area contributed by atoms with Gasteiger partial charge in [-0.15, -0.1) is 0 Å². The quantitative estimate of drug-likeness (QED) is 0.597. The molecule has 1 amide bonds. The Bertz CT molecular complexity index is 986. The number of aryl methyl sites for hydroxylation is 1. The lowest BCUT2D eigenvalue weighted by Gasteiger charge is -2.16. The van der Waals surface area contributed by atoms with E-state index in [1.54, 1.807) is 12.1 Å². The molecule has 0 aliphatic heterocycles. The molecule has 3 rings (SSSR count). The molecule has 150 valence electrons. The fraction of sp³-hybridized carbons (Fsp3) is 0.261. The number of halogens is 1. The first-order valence-electron chi connectivity index (χ1n) is 9.66. The van der Waals surface area contributed by atoms with Crippen molar-refractivity contribution in [2.75, 3.05) is 17.2 Å². The zero-order valence-corrected chi connectivity index (χ0v) is 16.9. The van der Waals surface area contributed by atoms with E-state index in [1.807, 2.05) is 31.2 Å². The van der Waals surface area contributed by atoms with Crippen LogP contribution in [0, 0.1) is 12.7 Å². The first-order chi connectivity index (χ1) is 14.0. The number of para-hydroxylation sites is 1. The van der Waals surface area contributed by atoms with Crippen LogP contribution in [0.5, 0.6) is 0 Å². The summed E-state index contributed by atoms with van der Waals surface area (Å²) in [6.07, 6.45) is 3.48. The zero-order chi connectivity index (χ0) is 20.8. The lowest BCUT2D eigenvalue weighted by molar-refractivity contribution is 0.102. The average molecular weight is 392 g/mol. The molecule has 3 aromatic rings. The number of carbonyl (C=O) groups is 1. The van der Waals surface area contributed by atoms with Crippen molar-refractivity contribution < 1.29 is 9.18 Å². The van der Waals surface area contributed by atoms with Gasteiger partial charge in [0.2, 0.25) is 0 Å². The molecular weight excluding hydrogens is 367 g/mol. The largest absolute Gasteiger partial charge is 0.368 e. The van der Waals surface area contributed by atoms with Crippen molar-refractivity contribution in [3.8, 4) is 0 Å². The molecule has 0 bridgehead atoms. The van der Waals surface area contributed by atoms with Crippen LogP contribution in [0.1, 0.15) is 46.9 Å². The average Bonchev–Trinajstić information content (AvgIpc) is 2.71. The molecule has 0 saturated carbocycles. The molecule has 0 saturated heterocycles. The highest BCUT2D eigenvalue weighted by atomic mass is 19.1. The number of carbonyl (C=O) groups excluding carboxylic acids is 1. The number of amides is 1. The highest BCUT2D eigenvalue weighted by molar-refractivity contribution is 6.03. The van der Waals surface area contributed by atoms with Gasteiger partial charge in [-0.05, 0) is 42.0 Å². The van der Waals surface area contributed by atoms with Crippen LogP contribution in [-0.4, -0.2) is 22.4 Å². The van der Waals surface area contributed by atoms with Gasteiger partial charge in [-0.3, -0.25) is 4.79 Å². The normalized spacial score (nSPS) is 10.8. The maximum atomic E-state index is 13.6. The minimum absolute atomic E-state index is 0.218. The molecule has 0 unspecified atom stereocenters. The Balaban J connectivity index is 1.62. The number of hydrogen-bond acceptors (Lipinski definition) is 4. The Hall–Kier alpha value is -3.28. The summed E-state index contributed by atoms with van der Waals surface area (Å²) in [6, 6.07) is 12.7. The van der Waals surface area contributed by atoms with Crippen LogP contribution in [0.2, 0.25) is 0 Å². The predicted molar refractivity (Wildman–Crippen MR) is 114 cm³/mol. The molecular formula is C23H25FN4O. The second-order valence-electron chi connectivity index (χ2n) is 7.20. The van der Waals surface area contributed by atoms with Gasteiger partial charge in [-0.25, -0.2) is 14.4 Å². The molecule has 0 atom stereocenters. The summed E-state index contributed by atoms with van der Waals surface area (Å²) in [5.74, 6) is 0.310. The smallest absolute Gasteiger partial charge is 0.275 e. The zero-order valence-electron chi connectivity index (χ0n) is 16.9. The molecule has 2 aromatic carbocycles. The molecule has 1 heterocycles. The van der Waals surface area contributed by atoms with Gasteiger partial charge >= 0.3 is 0 Å². The van der Waals surface area contributed by atoms with Gasteiger partial charge in [-0.1, -0.05) is 50.2 Å². The third-order valence-corrected chi connectivity index (χ3v) is 4.71. The van der Waals surface area contributed by atoms with Gasteiger partial charge in [-0.2, -0.15) is 0 Å². The number of aromatic nitrogens is 2. The maximum absolute atomic E-state index is 13.6. The van der Waals surface area contributed by atoms with E-state index in [0.717, 1.165) is 16.8 Å². The summed E-state index contributed by atoms with van der Waals surface area (Å²) in [4.78, 5) is 21.1. The van der Waals surface area contributed by atoms with E-state index in [-0.39, 0.29) is 23.3 Å². The van der Waals surface area contributed by atoms with Gasteiger partial charge < -0.3 is 10.6 Å². The maximum Gasteiger partial charge on any atom is 0.275 e. The highest BCUT2D eigenvalue weighted by Crippen LogP contribution is 2.27. The number of anilines is 2. The van der Waals surface area contributed by atoms with E-state index in [1.165, 1.54) is 18.5 Å². The molecule has 0 aliphatic carbocycles. The minimum Gasteiger partial charge on any atom is -0.368 e. The topological polar surface area (TPSA) is 66.9 Å². The second kappa shape index (κ2) is 9.28. The summed E-state index contributed by atoms with van der Waals surface area (Å²) in [7, 11) is 0. The van der Waals surface area contributed by atoms with Gasteiger partial charge in [0.05, 0.1) is 12.4 Å². The lowest BCUT2D eigenvalue weighted by atomic mass is 9.98. The third kappa shape index (κ3) is 5.16. The van der Waals surface area contributed by atoms with Crippen molar-refractivity contribution in [2.24, 2.45) is 0 Å². The Morgan fingerprint density at radius 3 is 2.55 bits per heavy atom. The first-order valence-corrected chi connectivity index (χ1v) is 9.66. The van der Waals surface area contributed by atoms with Crippen LogP contribution in [-0.2, 0) is 6.42 Å². The van der Waals surface area contributed by atoms with Crippen molar-refractivity contribution in [3.63, 3.8) is 0 Å². The standard InChI is InChI=1S/C23H25FN4O/c1-15(2)18-9-6-7-16(3)22(18)28-23(29)20-13-27-21(14-26-20)25-12-11-17-8-4-5-10-19(17)24/h4-10,13-15H,11-12H2,1-3H3,(H,25,27)(H,28,29). The lowest BCUT2D eigenvalue weighted by Crippen LogP contribution is -2.17. The minimum atomic E-state index is -0.299. The molecule has 6 heteroatoms. The molecule has 5 nitrogen and oxygen atoms in total. The van der Waals surface area contributed by atoms with Gasteiger partial charge in [0, 0.05) is 12.2 Å². The van der Waals surface area contributed by atoms with E-state index in [2.05, 4.69) is 34.4 Å². The van der Waals surface area contributed by atoms with Gasteiger partial charge in [0.15, 0.2) is 0 Å². The summed E-state index contributed by atoms with van der Waals surface area (Å²) in [5.41, 5.74) is 3.79. The van der Waals surface area contributed by atoms with E-state index in [9.17, 15) is 9.18 Å². The van der Waals surface area contributed by atoms with Crippen LogP contribution in [0.15, 0.2) is 54.9 Å². The van der Waals surface area contributed by atoms with Gasteiger partial charge in [0.25, 0.3) is 5.91 Å². The number of hydrogen-bond donors (Lipinski definition) is 2. The fourth-order valence-corrected chi connectivity index (χ4v) is 3.08. The van der Waals surface area contributed by atoms with Crippen LogP contribution in [0.3, 0.4) is 0 Å². The molecule has 29 heavy (non-hydrogen) atoms. The van der Waals surface area contributed by atoms with Crippen LogP contribution in [0.25, 0.3) is 0 Å². The van der Waals surface area contributed by atoms with Crippen molar-refractivity contribution in [3.05, 3.63) is 83.1 Å². The van der Waals surface area contributed by atoms with E-state index in [0.29, 0.717) is 24.3 Å². The van der Waals surface area contributed by atoms with Gasteiger partial charge in [0.1, 0.15) is 17.3 Å². The monoisotopic (exact) mass is 392 g/mol. The SMILES string of the molecule is Cc1cccc(C(C)C)c1NC(=O)c1cnc(NCCc2ccccc2F)cn1. The van der Waals surface area contributed by atoms with E-state index in [4.69, 9.17) is 0 Å². The second-order valence-corrected chi connectivity index (χ2v) is 7.20. The van der Waals surface area contributed by atoms with Crippen LogP contribution in [0.4, 0.5) is 15.9 Å². The molecule has 0 fully saturated rings. The van der Waals surface area contributed by atoms with Crippen molar-refractivity contribution in [1.82, 2.24) is 9.97 Å². The van der Waals surface area contributed by atoms with Crippen molar-refractivity contribution in [1.29, 1.82) is 0 Å². The Labute approximate surface area is 170 Å². The number of rotatable bonds is 7. The van der Waals surface area contributed by atoms with Crippen molar-refractivity contribution >= 4 is 17.4 Å². The summed E-state index contributed by atoms with van der Waals surface area (Å²) in [5, 5.41) is 6.06. The fourth-order valence-electron chi connectivity index (χ4n) is 3.08. The number of nitrogens with zero attached hydrogens (tertiary/aromatic N) is 2. The molecule has 1 aromatic heterocycles. The Kier molecular flexibility index (Phi) is 6.54. The Morgan fingerprint density at radius 1 is 1.07 bits per heavy atom. The summed E-state index contributed by atoms with van der Waals surface area (Å²) in [6.45, 7) is 6.66. The molecule has 0 aliphatic rings. The molecule has 2 N–H and O–H groups in total. The first kappa shape index (κ1) is 20.5. The number of benzene rings is 2. The summed E-state index contributed by atoms with van der Waals surface area (Å²) >= 11 is 0. The molecule has 0 radical (unpaired) electrons. The van der Waals surface area contributed by atoms with Crippen LogP contribution < -0.4 is 10.6 Å². The predicted octanol–water partition coefficient (Wildman–Crippen LogP) is 4.95. The van der Waals surface area contributed by atoms with E-state index < -0.39 is 0 Å². The van der Waals surface area contributed by atoms with E-state index >= 15 is 0 Å². The van der Waals surface area contributed by atoms with Crippen LogP contribution >= 0.6 is 0 Å². The molecule has 0 spiro atoms.